The van der Waals surface area contributed by atoms with Gasteiger partial charge in [-0.25, -0.2) is 9.18 Å². The molecule has 2 amide bonds. The summed E-state index contributed by atoms with van der Waals surface area (Å²) < 4.78 is 14.9. The average molecular weight is 333 g/mol. The molecule has 1 heterocycles. The third-order valence-electron chi connectivity index (χ3n) is 3.83. The van der Waals surface area contributed by atoms with Crippen LogP contribution >= 0.6 is 0 Å². The monoisotopic (exact) mass is 333 g/mol. The van der Waals surface area contributed by atoms with Crippen LogP contribution in [0.15, 0.2) is 30.6 Å². The van der Waals surface area contributed by atoms with Crippen LogP contribution in [-0.2, 0) is 7.05 Å². The van der Waals surface area contributed by atoms with Gasteiger partial charge in [0.05, 0.1) is 12.1 Å². The second-order valence-corrected chi connectivity index (χ2v) is 6.99. The van der Waals surface area contributed by atoms with E-state index in [1.807, 2.05) is 34.7 Å². The van der Waals surface area contributed by atoms with Crippen molar-refractivity contribution < 1.29 is 9.18 Å². The minimum Gasteiger partial charge on any atom is -0.331 e. The van der Waals surface area contributed by atoms with Crippen LogP contribution in [0.3, 0.4) is 0 Å². The Morgan fingerprint density at radius 3 is 2.33 bits per heavy atom. The van der Waals surface area contributed by atoms with E-state index in [0.717, 1.165) is 5.56 Å². The fourth-order valence-electron chi connectivity index (χ4n) is 2.57. The van der Waals surface area contributed by atoms with Gasteiger partial charge in [0.15, 0.2) is 5.82 Å². The summed E-state index contributed by atoms with van der Waals surface area (Å²) in [5.41, 5.74) is 0.619. The molecule has 1 aromatic heterocycles. The van der Waals surface area contributed by atoms with Crippen molar-refractivity contribution in [2.75, 3.05) is 0 Å². The predicted molar refractivity (Wildman–Crippen MR) is 89.7 cm³/mol. The number of halogens is 1. The highest BCUT2D eigenvalue weighted by molar-refractivity contribution is 5.75. The topological polar surface area (TPSA) is 71.8 Å². The summed E-state index contributed by atoms with van der Waals surface area (Å²) in [5, 5.41) is 13.6. The number of benzene rings is 1. The molecule has 7 heteroatoms. The van der Waals surface area contributed by atoms with Gasteiger partial charge in [0.2, 0.25) is 0 Å². The lowest BCUT2D eigenvalue weighted by Gasteiger charge is -2.32. The molecule has 0 saturated heterocycles. The van der Waals surface area contributed by atoms with E-state index in [9.17, 15) is 9.18 Å². The van der Waals surface area contributed by atoms with Gasteiger partial charge in [0, 0.05) is 7.05 Å². The summed E-state index contributed by atoms with van der Waals surface area (Å²) in [4.78, 5) is 12.4. The highest BCUT2D eigenvalue weighted by atomic mass is 19.1. The second-order valence-electron chi connectivity index (χ2n) is 6.99. The van der Waals surface area contributed by atoms with Crippen molar-refractivity contribution in [3.63, 3.8) is 0 Å². The molecular weight excluding hydrogens is 309 g/mol. The Morgan fingerprint density at radius 2 is 1.83 bits per heavy atom. The molecule has 0 saturated carbocycles. The van der Waals surface area contributed by atoms with Crippen LogP contribution in [0.25, 0.3) is 0 Å². The number of aromatic nitrogens is 3. The zero-order chi connectivity index (χ0) is 17.9. The van der Waals surface area contributed by atoms with Crippen LogP contribution in [0.5, 0.6) is 0 Å². The fraction of sp³-hybridized carbons (Fsp3) is 0.471. The van der Waals surface area contributed by atoms with Gasteiger partial charge >= 0.3 is 6.03 Å². The van der Waals surface area contributed by atoms with Crippen molar-refractivity contribution in [1.82, 2.24) is 25.4 Å². The predicted octanol–water partition coefficient (Wildman–Crippen LogP) is 3.10. The van der Waals surface area contributed by atoms with Crippen LogP contribution in [0, 0.1) is 11.2 Å². The first kappa shape index (κ1) is 17.9. The van der Waals surface area contributed by atoms with Crippen molar-refractivity contribution in [1.29, 1.82) is 0 Å². The van der Waals surface area contributed by atoms with Crippen molar-refractivity contribution in [2.24, 2.45) is 12.5 Å². The van der Waals surface area contributed by atoms with Gasteiger partial charge in [0.1, 0.15) is 12.1 Å². The Labute approximate surface area is 141 Å². The number of urea groups is 1. The lowest BCUT2D eigenvalue weighted by molar-refractivity contribution is 0.215. The highest BCUT2D eigenvalue weighted by Gasteiger charge is 2.28. The van der Waals surface area contributed by atoms with Gasteiger partial charge in [-0.3, -0.25) is 0 Å². The molecule has 1 aromatic carbocycles. The number of carbonyl (C=O) groups is 1. The van der Waals surface area contributed by atoms with Crippen LogP contribution in [-0.4, -0.2) is 20.8 Å². The molecule has 0 aliphatic carbocycles. The molecule has 24 heavy (non-hydrogen) atoms. The standard InChI is InChI=1S/C17H24FN5O/c1-11(15-22-19-10-23(15)5)20-16(24)21-14(17(2,3)4)12-6-8-13(18)9-7-12/h6-11,14H,1-5H3,(H2,20,21,24)/t11-,14-/m1/s1. The maximum atomic E-state index is 13.2. The molecular formula is C17H24FN5O. The summed E-state index contributed by atoms with van der Waals surface area (Å²) in [5.74, 6) is 0.367. The maximum Gasteiger partial charge on any atom is 0.315 e. The molecule has 130 valence electrons. The van der Waals surface area contributed by atoms with Crippen molar-refractivity contribution in [2.45, 2.75) is 39.8 Å². The molecule has 2 rings (SSSR count). The van der Waals surface area contributed by atoms with Gasteiger partial charge in [-0.1, -0.05) is 32.9 Å². The Bertz CT molecular complexity index is 690. The van der Waals surface area contributed by atoms with Crippen molar-refractivity contribution in [3.05, 3.63) is 47.8 Å². The molecule has 6 nitrogen and oxygen atoms in total. The van der Waals surface area contributed by atoms with Crippen LogP contribution < -0.4 is 10.6 Å². The first-order valence-electron chi connectivity index (χ1n) is 7.85. The molecule has 0 unspecified atom stereocenters. The minimum absolute atomic E-state index is 0.233. The van der Waals surface area contributed by atoms with Gasteiger partial charge in [0.25, 0.3) is 0 Å². The number of amides is 2. The Kier molecular flexibility index (Phi) is 5.21. The van der Waals surface area contributed by atoms with Crippen molar-refractivity contribution in [3.8, 4) is 0 Å². The van der Waals surface area contributed by atoms with E-state index in [1.54, 1.807) is 23.0 Å². The van der Waals surface area contributed by atoms with E-state index < -0.39 is 0 Å². The fourth-order valence-corrected chi connectivity index (χ4v) is 2.57. The van der Waals surface area contributed by atoms with Gasteiger partial charge in [-0.05, 0) is 30.0 Å². The first-order chi connectivity index (χ1) is 11.2. The van der Waals surface area contributed by atoms with E-state index in [-0.39, 0.29) is 29.3 Å². The average Bonchev–Trinajstić information content (AvgIpc) is 2.91. The van der Waals surface area contributed by atoms with E-state index in [2.05, 4.69) is 20.8 Å². The molecule has 2 aromatic rings. The quantitative estimate of drug-likeness (QED) is 0.903. The minimum atomic E-state index is -0.310. The van der Waals surface area contributed by atoms with Crippen molar-refractivity contribution >= 4 is 6.03 Å². The van der Waals surface area contributed by atoms with Crippen LogP contribution in [0.1, 0.15) is 51.2 Å². The summed E-state index contributed by atoms with van der Waals surface area (Å²) >= 11 is 0. The molecule has 2 N–H and O–H groups in total. The number of hydrogen-bond acceptors (Lipinski definition) is 3. The molecule has 0 spiro atoms. The number of aryl methyl sites for hydroxylation is 1. The van der Waals surface area contributed by atoms with Crippen LogP contribution in [0.2, 0.25) is 0 Å². The lowest BCUT2D eigenvalue weighted by Crippen LogP contribution is -2.43. The number of nitrogens with one attached hydrogen (secondary N) is 2. The first-order valence-corrected chi connectivity index (χ1v) is 7.85. The third-order valence-corrected chi connectivity index (χ3v) is 3.83. The van der Waals surface area contributed by atoms with E-state index >= 15 is 0 Å². The molecule has 0 aliphatic heterocycles. The molecule has 0 radical (unpaired) electrons. The number of carbonyl (C=O) groups excluding carboxylic acids is 1. The Morgan fingerprint density at radius 1 is 1.21 bits per heavy atom. The normalized spacial score (nSPS) is 14.1. The summed E-state index contributed by atoms with van der Waals surface area (Å²) in [7, 11) is 1.82. The molecule has 2 atom stereocenters. The summed E-state index contributed by atoms with van der Waals surface area (Å²) in [6, 6.07) is 5.33. The third kappa shape index (κ3) is 4.31. The van der Waals surface area contributed by atoms with E-state index in [1.165, 1.54) is 12.1 Å². The SMILES string of the molecule is C[C@@H](NC(=O)N[C@H](c1ccc(F)cc1)C(C)(C)C)c1nncn1C. The van der Waals surface area contributed by atoms with E-state index in [4.69, 9.17) is 0 Å². The molecule has 0 aliphatic rings. The zero-order valence-corrected chi connectivity index (χ0v) is 14.7. The lowest BCUT2D eigenvalue weighted by atomic mass is 9.82. The molecule has 0 fully saturated rings. The largest absolute Gasteiger partial charge is 0.331 e. The zero-order valence-electron chi connectivity index (χ0n) is 14.7. The summed E-state index contributed by atoms with van der Waals surface area (Å²) in [6.07, 6.45) is 1.59. The smallest absolute Gasteiger partial charge is 0.315 e. The van der Waals surface area contributed by atoms with Gasteiger partial charge in [-0.2, -0.15) is 0 Å². The highest BCUT2D eigenvalue weighted by Crippen LogP contribution is 2.32. The summed E-state index contributed by atoms with van der Waals surface area (Å²) in [6.45, 7) is 7.90. The maximum absolute atomic E-state index is 13.2. The Balaban J connectivity index is 2.10. The Hall–Kier alpha value is -2.44. The number of rotatable bonds is 4. The van der Waals surface area contributed by atoms with Gasteiger partial charge < -0.3 is 15.2 Å². The number of nitrogens with zero attached hydrogens (tertiary/aromatic N) is 3. The van der Waals surface area contributed by atoms with Gasteiger partial charge in [-0.15, -0.1) is 10.2 Å². The van der Waals surface area contributed by atoms with Crippen LogP contribution in [0.4, 0.5) is 9.18 Å². The molecule has 0 bridgehead atoms. The van der Waals surface area contributed by atoms with E-state index in [0.29, 0.717) is 5.82 Å². The second kappa shape index (κ2) is 6.98. The number of hydrogen-bond donors (Lipinski definition) is 2.